The summed E-state index contributed by atoms with van der Waals surface area (Å²) < 4.78 is 1.81. The van der Waals surface area contributed by atoms with Crippen molar-refractivity contribution < 1.29 is 4.79 Å². The van der Waals surface area contributed by atoms with Crippen LogP contribution in [-0.2, 0) is 11.8 Å². The molecule has 6 nitrogen and oxygen atoms in total. The van der Waals surface area contributed by atoms with Crippen molar-refractivity contribution in [2.75, 3.05) is 6.54 Å². The number of carbonyl (C=O) groups excluding carboxylic acids is 1. The van der Waals surface area contributed by atoms with Crippen LogP contribution in [0.3, 0.4) is 0 Å². The Balaban J connectivity index is 1.70. The Morgan fingerprint density at radius 1 is 1.32 bits per heavy atom. The van der Waals surface area contributed by atoms with E-state index in [0.29, 0.717) is 5.92 Å². The van der Waals surface area contributed by atoms with Crippen LogP contribution < -0.4 is 5.32 Å². The molecule has 0 bridgehead atoms. The maximum atomic E-state index is 13.0. The van der Waals surface area contributed by atoms with E-state index >= 15 is 0 Å². The van der Waals surface area contributed by atoms with Gasteiger partial charge in [-0.15, -0.1) is 0 Å². The van der Waals surface area contributed by atoms with Gasteiger partial charge in [0.15, 0.2) is 5.65 Å². The average Bonchev–Trinajstić information content (AvgIpc) is 3.23. The summed E-state index contributed by atoms with van der Waals surface area (Å²) in [6.45, 7) is 6.78. The van der Waals surface area contributed by atoms with Crippen molar-refractivity contribution in [2.45, 2.75) is 58.2 Å². The maximum absolute atomic E-state index is 13.0. The molecule has 2 aromatic rings. The van der Waals surface area contributed by atoms with Crippen LogP contribution in [-0.4, -0.2) is 37.7 Å². The number of nitrogens with one attached hydrogen (secondary N) is 1. The number of nitrogens with zero attached hydrogens (tertiary/aromatic N) is 4. The fourth-order valence-corrected chi connectivity index (χ4v) is 4.35. The highest BCUT2D eigenvalue weighted by molar-refractivity contribution is 5.88. The Bertz CT molecular complexity index is 819. The maximum Gasteiger partial charge on any atom is 0.243 e. The van der Waals surface area contributed by atoms with Gasteiger partial charge in [-0.2, -0.15) is 5.10 Å². The van der Waals surface area contributed by atoms with Crippen molar-refractivity contribution in [3.8, 4) is 0 Å². The molecule has 2 aromatic heterocycles. The van der Waals surface area contributed by atoms with E-state index in [4.69, 9.17) is 0 Å². The van der Waals surface area contributed by atoms with Crippen LogP contribution in [0.2, 0.25) is 0 Å². The number of amides is 1. The van der Waals surface area contributed by atoms with Crippen molar-refractivity contribution >= 4 is 16.9 Å². The third-order valence-electron chi connectivity index (χ3n) is 5.73. The Labute approximate surface area is 148 Å². The zero-order valence-electron chi connectivity index (χ0n) is 15.5. The highest BCUT2D eigenvalue weighted by Crippen LogP contribution is 2.35. The van der Waals surface area contributed by atoms with E-state index in [0.717, 1.165) is 28.8 Å². The van der Waals surface area contributed by atoms with Gasteiger partial charge in [0.05, 0.1) is 11.2 Å². The third kappa shape index (κ3) is 2.72. The van der Waals surface area contributed by atoms with Crippen LogP contribution in [0.4, 0.5) is 0 Å². The van der Waals surface area contributed by atoms with Crippen molar-refractivity contribution in [1.29, 1.82) is 0 Å². The van der Waals surface area contributed by atoms with Gasteiger partial charge in [0.25, 0.3) is 0 Å². The van der Waals surface area contributed by atoms with Gasteiger partial charge in [0.2, 0.25) is 5.91 Å². The molecule has 6 heteroatoms. The minimum absolute atomic E-state index is 0.111. The molecule has 25 heavy (non-hydrogen) atoms. The Hall–Kier alpha value is -1.95. The number of hydrogen-bond donors (Lipinski definition) is 1. The summed E-state index contributed by atoms with van der Waals surface area (Å²) in [5.41, 5.74) is 2.35. The largest absolute Gasteiger partial charge is 0.321 e. The van der Waals surface area contributed by atoms with Crippen LogP contribution in [0, 0.1) is 12.8 Å². The number of hydrogen-bond acceptors (Lipinski definition) is 4. The molecule has 1 unspecified atom stereocenters. The molecule has 1 aliphatic carbocycles. The molecule has 0 spiro atoms. The van der Waals surface area contributed by atoms with E-state index in [9.17, 15) is 4.79 Å². The molecule has 3 heterocycles. The fourth-order valence-electron chi connectivity index (χ4n) is 4.35. The van der Waals surface area contributed by atoms with Gasteiger partial charge in [-0.25, -0.2) is 4.98 Å². The molecule has 1 atom stereocenters. The Morgan fingerprint density at radius 2 is 2.04 bits per heavy atom. The van der Waals surface area contributed by atoms with Crippen LogP contribution in [0.15, 0.2) is 12.3 Å². The number of aromatic nitrogens is 3. The number of carbonyl (C=O) groups is 1. The van der Waals surface area contributed by atoms with E-state index in [-0.39, 0.29) is 12.1 Å². The van der Waals surface area contributed by atoms with E-state index in [1.165, 1.54) is 25.7 Å². The predicted octanol–water partition coefficient (Wildman–Crippen LogP) is 2.68. The molecule has 4 rings (SSSR count). The molecular formula is C19H27N5O. The van der Waals surface area contributed by atoms with Gasteiger partial charge in [-0.05, 0) is 45.6 Å². The predicted molar refractivity (Wildman–Crippen MR) is 96.9 cm³/mol. The summed E-state index contributed by atoms with van der Waals surface area (Å²) in [6, 6.07) is 2.14. The summed E-state index contributed by atoms with van der Waals surface area (Å²) in [6.07, 6.45) is 6.82. The SMILES string of the molecule is Cc1nn(C)c2ncc(C3NC(C)(C)C(=O)N3CC3CCCC3)cc12. The molecule has 1 aliphatic heterocycles. The molecule has 1 N–H and O–H groups in total. The molecule has 1 saturated carbocycles. The lowest BCUT2D eigenvalue weighted by Gasteiger charge is -2.27. The zero-order chi connectivity index (χ0) is 17.8. The van der Waals surface area contributed by atoms with Crippen LogP contribution in [0.25, 0.3) is 11.0 Å². The molecule has 2 aliphatic rings. The van der Waals surface area contributed by atoms with Crippen molar-refractivity contribution in [2.24, 2.45) is 13.0 Å². The summed E-state index contributed by atoms with van der Waals surface area (Å²) in [7, 11) is 1.91. The minimum atomic E-state index is -0.539. The lowest BCUT2D eigenvalue weighted by atomic mass is 10.0. The zero-order valence-corrected chi connectivity index (χ0v) is 15.5. The normalized spacial score (nSPS) is 23.9. The van der Waals surface area contributed by atoms with Crippen LogP contribution in [0.5, 0.6) is 0 Å². The van der Waals surface area contributed by atoms with Gasteiger partial charge in [-0.1, -0.05) is 12.8 Å². The average molecular weight is 341 g/mol. The highest BCUT2D eigenvalue weighted by Gasteiger charge is 2.46. The van der Waals surface area contributed by atoms with Gasteiger partial charge < -0.3 is 4.90 Å². The number of fused-ring (bicyclic) bond motifs is 1. The van der Waals surface area contributed by atoms with Gasteiger partial charge >= 0.3 is 0 Å². The quantitative estimate of drug-likeness (QED) is 0.932. The van der Waals surface area contributed by atoms with Crippen molar-refractivity contribution in [1.82, 2.24) is 25.0 Å². The molecule has 1 saturated heterocycles. The second-order valence-corrected chi connectivity index (χ2v) is 8.13. The first-order valence-electron chi connectivity index (χ1n) is 9.25. The Kier molecular flexibility index (Phi) is 3.83. The second kappa shape index (κ2) is 5.80. The summed E-state index contributed by atoms with van der Waals surface area (Å²) >= 11 is 0. The number of aryl methyl sites for hydroxylation is 2. The topological polar surface area (TPSA) is 63.1 Å². The second-order valence-electron chi connectivity index (χ2n) is 8.13. The molecular weight excluding hydrogens is 314 g/mol. The highest BCUT2D eigenvalue weighted by atomic mass is 16.2. The van der Waals surface area contributed by atoms with Crippen molar-refractivity contribution in [3.05, 3.63) is 23.5 Å². The van der Waals surface area contributed by atoms with E-state index in [1.54, 1.807) is 0 Å². The first-order valence-corrected chi connectivity index (χ1v) is 9.25. The molecule has 0 aromatic carbocycles. The first-order chi connectivity index (χ1) is 11.9. The summed E-state index contributed by atoms with van der Waals surface area (Å²) in [5.74, 6) is 0.811. The van der Waals surface area contributed by atoms with E-state index in [2.05, 4.69) is 21.5 Å². The van der Waals surface area contributed by atoms with Gasteiger partial charge in [0.1, 0.15) is 6.17 Å². The summed E-state index contributed by atoms with van der Waals surface area (Å²) in [4.78, 5) is 19.6. The third-order valence-corrected chi connectivity index (χ3v) is 5.73. The van der Waals surface area contributed by atoms with E-state index in [1.807, 2.05) is 43.6 Å². The van der Waals surface area contributed by atoms with Crippen LogP contribution in [0.1, 0.15) is 57.0 Å². The molecule has 134 valence electrons. The number of pyridine rings is 1. The van der Waals surface area contributed by atoms with Crippen LogP contribution >= 0.6 is 0 Å². The fraction of sp³-hybridized carbons (Fsp3) is 0.632. The standard InChI is InChI=1S/C19H27N5O/c1-12-15-9-14(10-20-17(15)23(4)22-12)16-21-19(2,3)18(25)24(16)11-13-7-5-6-8-13/h9-10,13,16,21H,5-8,11H2,1-4H3. The number of rotatable bonds is 3. The summed E-state index contributed by atoms with van der Waals surface area (Å²) in [5, 5.41) is 9.03. The smallest absolute Gasteiger partial charge is 0.243 e. The lowest BCUT2D eigenvalue weighted by molar-refractivity contribution is -0.133. The molecule has 1 amide bonds. The Morgan fingerprint density at radius 3 is 2.76 bits per heavy atom. The molecule has 2 fully saturated rings. The van der Waals surface area contributed by atoms with Crippen molar-refractivity contribution in [3.63, 3.8) is 0 Å². The monoisotopic (exact) mass is 341 g/mol. The minimum Gasteiger partial charge on any atom is -0.321 e. The first kappa shape index (κ1) is 16.5. The van der Waals surface area contributed by atoms with E-state index < -0.39 is 5.54 Å². The lowest BCUT2D eigenvalue weighted by Crippen LogP contribution is -2.40. The molecule has 0 radical (unpaired) electrons. The van der Waals surface area contributed by atoms with Gasteiger partial charge in [-0.3, -0.25) is 14.8 Å². The van der Waals surface area contributed by atoms with Gasteiger partial charge in [0, 0.05) is 30.7 Å².